The van der Waals surface area contributed by atoms with Crippen molar-refractivity contribution in [1.29, 1.82) is 0 Å². The van der Waals surface area contributed by atoms with Gasteiger partial charge in [0.1, 0.15) is 6.33 Å². The van der Waals surface area contributed by atoms with Crippen LogP contribution in [-0.4, -0.2) is 9.97 Å². The van der Waals surface area contributed by atoms with E-state index >= 15 is 0 Å². The molecular formula is C8H6N2S2. The van der Waals surface area contributed by atoms with Crippen LogP contribution in [0, 0.1) is 0 Å². The molecular weight excluding hydrogens is 188 g/mol. The van der Waals surface area contributed by atoms with E-state index in [0.29, 0.717) is 0 Å². The lowest BCUT2D eigenvalue weighted by Crippen LogP contribution is -1.81. The van der Waals surface area contributed by atoms with Gasteiger partial charge in [0.25, 0.3) is 0 Å². The van der Waals surface area contributed by atoms with Crippen LogP contribution in [0.25, 0.3) is 10.9 Å². The highest BCUT2D eigenvalue weighted by Gasteiger charge is 1.99. The molecule has 60 valence electrons. The lowest BCUT2D eigenvalue weighted by Gasteiger charge is -1.99. The first-order chi connectivity index (χ1) is 5.92. The predicted octanol–water partition coefficient (Wildman–Crippen LogP) is 2.57. The Morgan fingerprint density at radius 3 is 3.08 bits per heavy atom. The Labute approximate surface area is 79.2 Å². The Balaban J connectivity index is 2.79. The van der Waals surface area contributed by atoms with Crippen molar-refractivity contribution in [2.24, 2.45) is 0 Å². The van der Waals surface area contributed by atoms with Gasteiger partial charge in [-0.25, -0.2) is 9.97 Å². The molecule has 0 atom stereocenters. The van der Waals surface area contributed by atoms with E-state index in [-0.39, 0.29) is 0 Å². The quantitative estimate of drug-likeness (QED) is 0.558. The minimum absolute atomic E-state index is 0.965. The first-order valence-corrected chi connectivity index (χ1v) is 5.29. The zero-order valence-corrected chi connectivity index (χ0v) is 7.85. The predicted molar refractivity (Wildman–Crippen MR) is 54.4 cm³/mol. The van der Waals surface area contributed by atoms with Crippen molar-refractivity contribution in [3.05, 3.63) is 30.7 Å². The summed E-state index contributed by atoms with van der Waals surface area (Å²) in [6.45, 7) is 0. The number of fused-ring (bicyclic) bond motifs is 1. The number of nitrogens with zero attached hydrogens (tertiary/aromatic N) is 2. The molecule has 1 aromatic carbocycles. The van der Waals surface area contributed by atoms with E-state index in [9.17, 15) is 0 Å². The van der Waals surface area contributed by atoms with Crippen molar-refractivity contribution in [2.45, 2.75) is 4.90 Å². The average Bonchev–Trinajstić information content (AvgIpc) is 2.17. The van der Waals surface area contributed by atoms with Crippen LogP contribution in [-0.2, 0) is 0 Å². The van der Waals surface area contributed by atoms with Gasteiger partial charge < -0.3 is 0 Å². The van der Waals surface area contributed by atoms with Gasteiger partial charge in [-0.1, -0.05) is 22.9 Å². The summed E-state index contributed by atoms with van der Waals surface area (Å²) in [5.41, 5.74) is 0.965. The molecule has 0 aliphatic rings. The maximum atomic E-state index is 4.17. The number of thiol groups is 1. The van der Waals surface area contributed by atoms with Crippen LogP contribution in [0.5, 0.6) is 0 Å². The minimum atomic E-state index is 0.965. The van der Waals surface area contributed by atoms with Crippen LogP contribution in [0.4, 0.5) is 0 Å². The van der Waals surface area contributed by atoms with Crippen molar-refractivity contribution in [2.75, 3.05) is 0 Å². The molecule has 4 heteroatoms. The summed E-state index contributed by atoms with van der Waals surface area (Å²) in [4.78, 5) is 9.18. The highest BCUT2D eigenvalue weighted by Crippen LogP contribution is 2.27. The summed E-state index contributed by atoms with van der Waals surface area (Å²) in [6.07, 6.45) is 3.35. The highest BCUT2D eigenvalue weighted by molar-refractivity contribution is 8.68. The van der Waals surface area contributed by atoms with E-state index in [1.54, 1.807) is 12.5 Å². The lowest BCUT2D eigenvalue weighted by atomic mass is 10.2. The molecule has 0 saturated carbocycles. The van der Waals surface area contributed by atoms with Crippen LogP contribution < -0.4 is 0 Å². The maximum Gasteiger partial charge on any atom is 0.116 e. The van der Waals surface area contributed by atoms with Crippen LogP contribution in [0.1, 0.15) is 0 Å². The molecule has 2 nitrogen and oxygen atoms in total. The molecule has 2 aromatic rings. The van der Waals surface area contributed by atoms with E-state index in [4.69, 9.17) is 0 Å². The van der Waals surface area contributed by atoms with Crippen molar-refractivity contribution in [3.8, 4) is 0 Å². The van der Waals surface area contributed by atoms with Crippen LogP contribution in [0.3, 0.4) is 0 Å². The molecule has 0 spiro atoms. The van der Waals surface area contributed by atoms with Crippen LogP contribution in [0.2, 0.25) is 0 Å². The first kappa shape index (κ1) is 7.89. The number of para-hydroxylation sites is 1. The highest BCUT2D eigenvalue weighted by atomic mass is 33.1. The van der Waals surface area contributed by atoms with Gasteiger partial charge in [0.15, 0.2) is 0 Å². The molecule has 2 rings (SSSR count). The van der Waals surface area contributed by atoms with E-state index in [1.165, 1.54) is 10.8 Å². The second kappa shape index (κ2) is 3.33. The number of aromatic nitrogens is 2. The van der Waals surface area contributed by atoms with Gasteiger partial charge in [-0.05, 0) is 6.07 Å². The third kappa shape index (κ3) is 1.28. The third-order valence-corrected chi connectivity index (χ3v) is 2.71. The SMILES string of the molecule is SSc1cccc2cncnc12. The standard InChI is InChI=1S/C8H6N2S2/c11-12-7-3-1-2-6-4-9-5-10-8(6)7/h1-5,11H. The van der Waals surface area contributed by atoms with Gasteiger partial charge in [-0.15, -0.1) is 11.7 Å². The van der Waals surface area contributed by atoms with Gasteiger partial charge in [0, 0.05) is 16.5 Å². The first-order valence-electron chi connectivity index (χ1n) is 3.42. The summed E-state index contributed by atoms with van der Waals surface area (Å²) in [5.74, 6) is 0. The molecule has 0 amide bonds. The van der Waals surface area contributed by atoms with Gasteiger partial charge in [0.05, 0.1) is 5.52 Å². The molecule has 0 fully saturated rings. The number of rotatable bonds is 1. The summed E-state index contributed by atoms with van der Waals surface area (Å²) < 4.78 is 0. The topological polar surface area (TPSA) is 25.8 Å². The maximum absolute atomic E-state index is 4.17. The van der Waals surface area contributed by atoms with E-state index in [1.807, 2.05) is 18.2 Å². The average molecular weight is 194 g/mol. The monoisotopic (exact) mass is 194 g/mol. The van der Waals surface area contributed by atoms with E-state index < -0.39 is 0 Å². The van der Waals surface area contributed by atoms with E-state index in [0.717, 1.165) is 15.8 Å². The van der Waals surface area contributed by atoms with Crippen molar-refractivity contribution in [3.63, 3.8) is 0 Å². The van der Waals surface area contributed by atoms with Crippen LogP contribution >= 0.6 is 22.5 Å². The normalized spacial score (nSPS) is 10.4. The zero-order valence-electron chi connectivity index (χ0n) is 6.14. The number of hydrogen-bond acceptors (Lipinski definition) is 4. The Kier molecular flexibility index (Phi) is 2.19. The van der Waals surface area contributed by atoms with Gasteiger partial charge in [-0.3, -0.25) is 0 Å². The summed E-state index contributed by atoms with van der Waals surface area (Å²) in [6, 6.07) is 5.96. The summed E-state index contributed by atoms with van der Waals surface area (Å²) in [7, 11) is 1.40. The zero-order chi connectivity index (χ0) is 8.39. The molecule has 1 heterocycles. The van der Waals surface area contributed by atoms with Crippen molar-refractivity contribution in [1.82, 2.24) is 9.97 Å². The van der Waals surface area contributed by atoms with Crippen molar-refractivity contribution >= 4 is 33.4 Å². The summed E-state index contributed by atoms with van der Waals surface area (Å²) in [5, 5.41) is 1.05. The Morgan fingerprint density at radius 2 is 2.25 bits per heavy atom. The minimum Gasteiger partial charge on any atom is -0.244 e. The Bertz CT molecular complexity index is 398. The smallest absolute Gasteiger partial charge is 0.116 e. The molecule has 0 aliphatic carbocycles. The fraction of sp³-hybridized carbons (Fsp3) is 0. The molecule has 1 aromatic heterocycles. The molecule has 12 heavy (non-hydrogen) atoms. The number of benzene rings is 1. The van der Waals surface area contributed by atoms with Gasteiger partial charge >= 0.3 is 0 Å². The molecule has 0 N–H and O–H groups in total. The van der Waals surface area contributed by atoms with Gasteiger partial charge in [-0.2, -0.15) is 0 Å². The Morgan fingerprint density at radius 1 is 1.33 bits per heavy atom. The molecule has 0 aliphatic heterocycles. The number of hydrogen-bond donors (Lipinski definition) is 1. The summed E-state index contributed by atoms with van der Waals surface area (Å²) >= 11 is 4.14. The van der Waals surface area contributed by atoms with E-state index in [2.05, 4.69) is 21.6 Å². The molecule has 0 radical (unpaired) electrons. The largest absolute Gasteiger partial charge is 0.244 e. The fourth-order valence-electron chi connectivity index (χ4n) is 1.06. The second-order valence-electron chi connectivity index (χ2n) is 2.31. The molecule has 0 unspecified atom stereocenters. The Hall–Kier alpha value is -0.740. The van der Waals surface area contributed by atoms with Crippen molar-refractivity contribution < 1.29 is 0 Å². The lowest BCUT2D eigenvalue weighted by molar-refractivity contribution is 1.20. The molecule has 0 bridgehead atoms. The van der Waals surface area contributed by atoms with Crippen LogP contribution in [0.15, 0.2) is 35.6 Å². The molecule has 0 saturated heterocycles. The fourth-order valence-corrected chi connectivity index (χ4v) is 1.90. The third-order valence-electron chi connectivity index (χ3n) is 1.60. The van der Waals surface area contributed by atoms with Gasteiger partial charge in [0.2, 0.25) is 0 Å². The second-order valence-corrected chi connectivity index (χ2v) is 3.48.